The van der Waals surface area contributed by atoms with Crippen LogP contribution in [0.2, 0.25) is 5.02 Å². The Labute approximate surface area is 121 Å². The summed E-state index contributed by atoms with van der Waals surface area (Å²) in [6.07, 6.45) is 2.92. The van der Waals surface area contributed by atoms with Crippen LogP contribution in [-0.4, -0.2) is 19.3 Å². The summed E-state index contributed by atoms with van der Waals surface area (Å²) in [5.74, 6) is 1.41. The summed E-state index contributed by atoms with van der Waals surface area (Å²) in [5, 5.41) is 0.860. The lowest BCUT2D eigenvalue weighted by Crippen LogP contribution is -2.08. The van der Waals surface area contributed by atoms with Crippen LogP contribution < -0.4 is 4.74 Å². The van der Waals surface area contributed by atoms with E-state index in [0.717, 1.165) is 34.7 Å². The van der Waals surface area contributed by atoms with Crippen LogP contribution in [-0.2, 0) is 4.74 Å². The molecule has 19 heavy (non-hydrogen) atoms. The molecule has 1 aromatic rings. The van der Waals surface area contributed by atoms with Gasteiger partial charge in [0, 0.05) is 10.6 Å². The van der Waals surface area contributed by atoms with Crippen LogP contribution in [0.15, 0.2) is 6.07 Å². The van der Waals surface area contributed by atoms with Crippen molar-refractivity contribution in [3.63, 3.8) is 0 Å². The molecule has 106 valence electrons. The van der Waals surface area contributed by atoms with Gasteiger partial charge in [-0.05, 0) is 56.7 Å². The predicted molar refractivity (Wildman–Crippen MR) is 79.5 cm³/mol. The summed E-state index contributed by atoms with van der Waals surface area (Å²) in [5.41, 5.74) is 3.48. The molecule has 1 aromatic carbocycles. The first-order valence-electron chi connectivity index (χ1n) is 6.98. The zero-order valence-electron chi connectivity index (χ0n) is 12.4. The van der Waals surface area contributed by atoms with Gasteiger partial charge in [0.2, 0.25) is 0 Å². The van der Waals surface area contributed by atoms with E-state index in [0.29, 0.717) is 18.1 Å². The standard InChI is InChI=1S/C16H23ClO2/c1-6-12(8-13-11(4)19-13)15-10(3)16(17)9(2)7-14(15)18-5/h7,11-13H,6,8H2,1-5H3. The largest absolute Gasteiger partial charge is 0.496 e. The Hall–Kier alpha value is -0.730. The summed E-state index contributed by atoms with van der Waals surface area (Å²) in [4.78, 5) is 0. The van der Waals surface area contributed by atoms with E-state index in [1.807, 2.05) is 13.0 Å². The lowest BCUT2D eigenvalue weighted by atomic mass is 9.86. The molecule has 2 nitrogen and oxygen atoms in total. The molecule has 0 spiro atoms. The smallest absolute Gasteiger partial charge is 0.122 e. The van der Waals surface area contributed by atoms with E-state index in [-0.39, 0.29) is 0 Å². The average molecular weight is 283 g/mol. The molecule has 0 amide bonds. The van der Waals surface area contributed by atoms with E-state index < -0.39 is 0 Å². The molecule has 1 aliphatic rings. The molecule has 3 unspecified atom stereocenters. The molecule has 0 radical (unpaired) electrons. The molecule has 1 aliphatic heterocycles. The molecular weight excluding hydrogens is 260 g/mol. The number of rotatable bonds is 5. The van der Waals surface area contributed by atoms with E-state index in [1.165, 1.54) is 5.56 Å². The molecule has 0 N–H and O–H groups in total. The molecule has 1 fully saturated rings. The van der Waals surface area contributed by atoms with Crippen LogP contribution in [0.4, 0.5) is 0 Å². The average Bonchev–Trinajstić information content (AvgIpc) is 3.09. The molecular formula is C16H23ClO2. The number of ether oxygens (including phenoxy) is 2. The van der Waals surface area contributed by atoms with Crippen molar-refractivity contribution in [3.8, 4) is 5.75 Å². The van der Waals surface area contributed by atoms with Gasteiger partial charge in [0.1, 0.15) is 5.75 Å². The molecule has 0 aromatic heterocycles. The SMILES string of the molecule is CCC(CC1OC1C)c1c(OC)cc(C)c(Cl)c1C. The van der Waals surface area contributed by atoms with Gasteiger partial charge >= 0.3 is 0 Å². The monoisotopic (exact) mass is 282 g/mol. The van der Waals surface area contributed by atoms with E-state index in [1.54, 1.807) is 7.11 Å². The third-order valence-electron chi connectivity index (χ3n) is 4.17. The Bertz CT molecular complexity index is 470. The first-order chi connectivity index (χ1) is 8.99. The van der Waals surface area contributed by atoms with Crippen LogP contribution in [0.25, 0.3) is 0 Å². The highest BCUT2D eigenvalue weighted by Crippen LogP contribution is 2.42. The van der Waals surface area contributed by atoms with Crippen molar-refractivity contribution in [1.29, 1.82) is 0 Å². The van der Waals surface area contributed by atoms with E-state index in [2.05, 4.69) is 20.8 Å². The van der Waals surface area contributed by atoms with Crippen LogP contribution in [0.5, 0.6) is 5.75 Å². The lowest BCUT2D eigenvalue weighted by molar-refractivity contribution is 0.352. The Kier molecular flexibility index (Phi) is 4.42. The van der Waals surface area contributed by atoms with Crippen LogP contribution in [0, 0.1) is 13.8 Å². The molecule has 0 aliphatic carbocycles. The lowest BCUT2D eigenvalue weighted by Gasteiger charge is -2.22. The third-order valence-corrected chi connectivity index (χ3v) is 4.75. The highest BCUT2D eigenvalue weighted by atomic mass is 35.5. The second kappa shape index (κ2) is 5.72. The number of benzene rings is 1. The topological polar surface area (TPSA) is 21.8 Å². The molecule has 0 bridgehead atoms. The van der Waals surface area contributed by atoms with Crippen LogP contribution in [0.3, 0.4) is 0 Å². The number of halogens is 1. The molecule has 1 heterocycles. The highest BCUT2D eigenvalue weighted by Gasteiger charge is 2.37. The number of hydrogen-bond donors (Lipinski definition) is 0. The van der Waals surface area contributed by atoms with Crippen molar-refractivity contribution in [1.82, 2.24) is 0 Å². The fourth-order valence-corrected chi connectivity index (χ4v) is 3.02. The van der Waals surface area contributed by atoms with Gasteiger partial charge in [-0.25, -0.2) is 0 Å². The van der Waals surface area contributed by atoms with Crippen molar-refractivity contribution in [2.75, 3.05) is 7.11 Å². The summed E-state index contributed by atoms with van der Waals surface area (Å²) in [7, 11) is 1.73. The fourth-order valence-electron chi connectivity index (χ4n) is 2.86. The van der Waals surface area contributed by atoms with Gasteiger partial charge in [-0.2, -0.15) is 0 Å². The van der Waals surface area contributed by atoms with Crippen molar-refractivity contribution >= 4 is 11.6 Å². The summed E-state index contributed by atoms with van der Waals surface area (Å²) in [6.45, 7) is 8.45. The number of methoxy groups -OCH3 is 1. The molecule has 2 rings (SSSR count). The van der Waals surface area contributed by atoms with Gasteiger partial charge in [0.15, 0.2) is 0 Å². The van der Waals surface area contributed by atoms with Crippen LogP contribution in [0.1, 0.15) is 49.3 Å². The first kappa shape index (κ1) is 14.7. The van der Waals surface area contributed by atoms with Gasteiger partial charge in [0.25, 0.3) is 0 Å². The Morgan fingerprint density at radius 3 is 2.53 bits per heavy atom. The number of hydrogen-bond acceptors (Lipinski definition) is 2. The minimum absolute atomic E-state index is 0.397. The Morgan fingerprint density at radius 1 is 1.42 bits per heavy atom. The predicted octanol–water partition coefficient (Wildman–Crippen LogP) is 4.64. The molecule has 3 heteroatoms. The van der Waals surface area contributed by atoms with Gasteiger partial charge < -0.3 is 9.47 Å². The van der Waals surface area contributed by atoms with E-state index >= 15 is 0 Å². The first-order valence-corrected chi connectivity index (χ1v) is 7.36. The fraction of sp³-hybridized carbons (Fsp3) is 0.625. The normalized spacial score (nSPS) is 23.3. The molecule has 0 saturated carbocycles. The summed E-state index contributed by atoms with van der Waals surface area (Å²) >= 11 is 6.41. The minimum Gasteiger partial charge on any atom is -0.496 e. The van der Waals surface area contributed by atoms with Crippen LogP contribution >= 0.6 is 11.6 Å². The Balaban J connectivity index is 2.37. The van der Waals surface area contributed by atoms with Gasteiger partial charge in [-0.1, -0.05) is 18.5 Å². The van der Waals surface area contributed by atoms with Crippen molar-refractivity contribution in [2.45, 2.75) is 58.7 Å². The van der Waals surface area contributed by atoms with Crippen molar-refractivity contribution < 1.29 is 9.47 Å². The maximum absolute atomic E-state index is 6.41. The second-order valence-corrected chi connectivity index (χ2v) is 5.85. The Morgan fingerprint density at radius 2 is 2.05 bits per heavy atom. The maximum atomic E-state index is 6.41. The number of aryl methyl sites for hydroxylation is 1. The minimum atomic E-state index is 0.397. The quantitative estimate of drug-likeness (QED) is 0.734. The van der Waals surface area contributed by atoms with Crippen molar-refractivity contribution in [3.05, 3.63) is 27.8 Å². The third kappa shape index (κ3) is 2.90. The van der Waals surface area contributed by atoms with E-state index in [9.17, 15) is 0 Å². The second-order valence-electron chi connectivity index (χ2n) is 5.47. The van der Waals surface area contributed by atoms with Crippen molar-refractivity contribution in [2.24, 2.45) is 0 Å². The van der Waals surface area contributed by atoms with E-state index in [4.69, 9.17) is 21.1 Å². The zero-order valence-corrected chi connectivity index (χ0v) is 13.2. The number of epoxide rings is 1. The maximum Gasteiger partial charge on any atom is 0.122 e. The summed E-state index contributed by atoms with van der Waals surface area (Å²) < 4.78 is 11.1. The summed E-state index contributed by atoms with van der Waals surface area (Å²) in [6, 6.07) is 2.05. The molecule has 3 atom stereocenters. The zero-order chi connectivity index (χ0) is 14.2. The molecule has 1 saturated heterocycles. The highest BCUT2D eigenvalue weighted by molar-refractivity contribution is 6.32. The van der Waals surface area contributed by atoms with Gasteiger partial charge in [-0.15, -0.1) is 0 Å². The van der Waals surface area contributed by atoms with Gasteiger partial charge in [0.05, 0.1) is 19.3 Å². The van der Waals surface area contributed by atoms with Gasteiger partial charge in [-0.3, -0.25) is 0 Å².